The molecule has 3 aliphatic rings. The standard InChI is InChI=1S/C14H27N/c1-10(2)15-12-8-6-11(7-9-12)13(15)14(3,4)5/h10-13H,6-9H2,1-5H3. The number of hydrogen-bond acceptors (Lipinski definition) is 1. The second kappa shape index (κ2) is 3.76. The van der Waals surface area contributed by atoms with E-state index >= 15 is 0 Å². The van der Waals surface area contributed by atoms with Crippen LogP contribution in [0.5, 0.6) is 0 Å². The summed E-state index contributed by atoms with van der Waals surface area (Å²) in [5, 5.41) is 0. The first-order chi connectivity index (χ1) is 6.91. The molecule has 0 N–H and O–H groups in total. The molecule has 0 aromatic carbocycles. The van der Waals surface area contributed by atoms with Crippen molar-refractivity contribution in [3.05, 3.63) is 0 Å². The summed E-state index contributed by atoms with van der Waals surface area (Å²) in [6.07, 6.45) is 5.87. The maximum Gasteiger partial charge on any atom is 0.0178 e. The Morgan fingerprint density at radius 2 is 1.53 bits per heavy atom. The van der Waals surface area contributed by atoms with Gasteiger partial charge in [0.1, 0.15) is 0 Å². The zero-order valence-corrected chi connectivity index (χ0v) is 11.1. The van der Waals surface area contributed by atoms with E-state index in [-0.39, 0.29) is 0 Å². The molecule has 15 heavy (non-hydrogen) atoms. The molecule has 3 fully saturated rings. The van der Waals surface area contributed by atoms with Crippen molar-refractivity contribution in [1.82, 2.24) is 4.90 Å². The number of piperidine rings is 2. The summed E-state index contributed by atoms with van der Waals surface area (Å²) in [7, 11) is 0. The van der Waals surface area contributed by atoms with Gasteiger partial charge >= 0.3 is 0 Å². The van der Waals surface area contributed by atoms with Gasteiger partial charge in [-0.3, -0.25) is 4.90 Å². The second-order valence-electron chi connectivity index (χ2n) is 6.92. The Bertz CT molecular complexity index is 218. The predicted molar refractivity (Wildman–Crippen MR) is 66.0 cm³/mol. The highest BCUT2D eigenvalue weighted by Gasteiger charge is 2.47. The van der Waals surface area contributed by atoms with Gasteiger partial charge in [-0.15, -0.1) is 0 Å². The minimum absolute atomic E-state index is 0.452. The lowest BCUT2D eigenvalue weighted by Crippen LogP contribution is -2.61. The molecule has 1 saturated carbocycles. The summed E-state index contributed by atoms with van der Waals surface area (Å²) >= 11 is 0. The zero-order valence-electron chi connectivity index (χ0n) is 11.1. The van der Waals surface area contributed by atoms with Gasteiger partial charge in [0.25, 0.3) is 0 Å². The maximum atomic E-state index is 2.83. The Morgan fingerprint density at radius 3 is 1.87 bits per heavy atom. The smallest absolute Gasteiger partial charge is 0.0178 e. The van der Waals surface area contributed by atoms with Gasteiger partial charge in [-0.25, -0.2) is 0 Å². The van der Waals surface area contributed by atoms with Crippen LogP contribution < -0.4 is 0 Å². The van der Waals surface area contributed by atoms with Crippen molar-refractivity contribution < 1.29 is 0 Å². The quantitative estimate of drug-likeness (QED) is 0.637. The normalized spacial score (nSPS) is 37.6. The molecule has 0 aromatic heterocycles. The van der Waals surface area contributed by atoms with Crippen LogP contribution in [0.4, 0.5) is 0 Å². The lowest BCUT2D eigenvalue weighted by atomic mass is 9.66. The van der Waals surface area contributed by atoms with Crippen LogP contribution >= 0.6 is 0 Å². The van der Waals surface area contributed by atoms with Gasteiger partial charge in [-0.2, -0.15) is 0 Å². The third-order valence-electron chi connectivity index (χ3n) is 4.41. The SMILES string of the molecule is CC(C)N1C2CCC(CC2)C1C(C)(C)C. The molecular weight excluding hydrogens is 182 g/mol. The van der Waals surface area contributed by atoms with E-state index in [1.807, 2.05) is 0 Å². The highest BCUT2D eigenvalue weighted by atomic mass is 15.2. The predicted octanol–water partition coefficient (Wildman–Crippen LogP) is 3.68. The molecule has 0 amide bonds. The van der Waals surface area contributed by atoms with Crippen molar-refractivity contribution >= 4 is 0 Å². The molecule has 0 spiro atoms. The molecule has 1 heteroatoms. The maximum absolute atomic E-state index is 2.83. The topological polar surface area (TPSA) is 3.24 Å². The number of fused-ring (bicyclic) bond motifs is 3. The van der Waals surface area contributed by atoms with E-state index in [1.165, 1.54) is 25.7 Å². The molecule has 3 rings (SSSR count). The number of hydrogen-bond donors (Lipinski definition) is 0. The minimum Gasteiger partial charge on any atom is -0.294 e. The molecule has 1 atom stereocenters. The molecule has 0 radical (unpaired) electrons. The van der Waals surface area contributed by atoms with Crippen molar-refractivity contribution in [2.75, 3.05) is 0 Å². The fourth-order valence-corrected chi connectivity index (χ4v) is 4.08. The van der Waals surface area contributed by atoms with E-state index < -0.39 is 0 Å². The van der Waals surface area contributed by atoms with Crippen molar-refractivity contribution in [2.45, 2.75) is 78.4 Å². The molecule has 0 aromatic rings. The fourth-order valence-electron chi connectivity index (χ4n) is 4.08. The highest BCUT2D eigenvalue weighted by Crippen LogP contribution is 2.46. The summed E-state index contributed by atoms with van der Waals surface area (Å²) in [6.45, 7) is 12.0. The van der Waals surface area contributed by atoms with E-state index in [0.717, 1.165) is 24.0 Å². The Balaban J connectivity index is 2.25. The average molecular weight is 209 g/mol. The van der Waals surface area contributed by atoms with Crippen molar-refractivity contribution in [3.63, 3.8) is 0 Å². The lowest BCUT2D eigenvalue weighted by Gasteiger charge is -2.58. The van der Waals surface area contributed by atoms with E-state index in [9.17, 15) is 0 Å². The van der Waals surface area contributed by atoms with Crippen LogP contribution in [0.25, 0.3) is 0 Å². The molecule has 2 heterocycles. The van der Waals surface area contributed by atoms with Gasteiger partial charge in [0.05, 0.1) is 0 Å². The molecular formula is C14H27N. The highest BCUT2D eigenvalue weighted by molar-refractivity contribution is 5.01. The van der Waals surface area contributed by atoms with Crippen molar-refractivity contribution in [1.29, 1.82) is 0 Å². The van der Waals surface area contributed by atoms with Gasteiger partial charge in [0, 0.05) is 18.1 Å². The monoisotopic (exact) mass is 209 g/mol. The third-order valence-corrected chi connectivity index (χ3v) is 4.41. The minimum atomic E-state index is 0.452. The Morgan fingerprint density at radius 1 is 1.00 bits per heavy atom. The fraction of sp³-hybridized carbons (Fsp3) is 1.00. The molecule has 2 bridgehead atoms. The molecule has 1 aliphatic carbocycles. The number of nitrogens with zero attached hydrogens (tertiary/aromatic N) is 1. The van der Waals surface area contributed by atoms with Gasteiger partial charge in [-0.05, 0) is 50.9 Å². The summed E-state index contributed by atoms with van der Waals surface area (Å²) in [5.41, 5.74) is 0.452. The van der Waals surface area contributed by atoms with Crippen molar-refractivity contribution in [2.24, 2.45) is 11.3 Å². The first-order valence-corrected chi connectivity index (χ1v) is 6.68. The van der Waals surface area contributed by atoms with Crippen LogP contribution in [-0.2, 0) is 0 Å². The van der Waals surface area contributed by atoms with E-state index in [2.05, 4.69) is 39.5 Å². The van der Waals surface area contributed by atoms with Gasteiger partial charge in [0.2, 0.25) is 0 Å². The van der Waals surface area contributed by atoms with Gasteiger partial charge in [-0.1, -0.05) is 20.8 Å². The van der Waals surface area contributed by atoms with Gasteiger partial charge < -0.3 is 0 Å². The van der Waals surface area contributed by atoms with Crippen LogP contribution in [0.2, 0.25) is 0 Å². The van der Waals surface area contributed by atoms with E-state index in [4.69, 9.17) is 0 Å². The second-order valence-corrected chi connectivity index (χ2v) is 6.92. The zero-order chi connectivity index (χ0) is 11.2. The summed E-state index contributed by atoms with van der Waals surface area (Å²) in [5.74, 6) is 0.970. The Hall–Kier alpha value is -0.0400. The Labute approximate surface area is 95.2 Å². The summed E-state index contributed by atoms with van der Waals surface area (Å²) in [4.78, 5) is 2.83. The van der Waals surface area contributed by atoms with Crippen LogP contribution in [0.15, 0.2) is 0 Å². The van der Waals surface area contributed by atoms with Gasteiger partial charge in [0.15, 0.2) is 0 Å². The largest absolute Gasteiger partial charge is 0.294 e. The average Bonchev–Trinajstić information content (AvgIpc) is 2.16. The first-order valence-electron chi connectivity index (χ1n) is 6.68. The molecule has 1 unspecified atom stereocenters. The van der Waals surface area contributed by atoms with E-state index in [1.54, 1.807) is 0 Å². The molecule has 2 aliphatic heterocycles. The van der Waals surface area contributed by atoms with Crippen molar-refractivity contribution in [3.8, 4) is 0 Å². The van der Waals surface area contributed by atoms with Crippen LogP contribution in [0.1, 0.15) is 60.3 Å². The summed E-state index contributed by atoms with van der Waals surface area (Å²) < 4.78 is 0. The summed E-state index contributed by atoms with van der Waals surface area (Å²) in [6, 6.07) is 2.44. The number of rotatable bonds is 1. The van der Waals surface area contributed by atoms with Crippen LogP contribution in [-0.4, -0.2) is 23.0 Å². The Kier molecular flexibility index (Phi) is 2.87. The third kappa shape index (κ3) is 1.95. The lowest BCUT2D eigenvalue weighted by molar-refractivity contribution is -0.0798. The first kappa shape index (κ1) is 11.4. The molecule has 88 valence electrons. The van der Waals surface area contributed by atoms with E-state index in [0.29, 0.717) is 5.41 Å². The molecule has 1 nitrogen and oxygen atoms in total. The molecule has 2 saturated heterocycles. The van der Waals surface area contributed by atoms with Crippen LogP contribution in [0, 0.1) is 11.3 Å². The van der Waals surface area contributed by atoms with Crippen LogP contribution in [0.3, 0.4) is 0 Å².